The maximum atomic E-state index is 13.6. The van der Waals surface area contributed by atoms with E-state index < -0.39 is 0 Å². The lowest BCUT2D eigenvalue weighted by molar-refractivity contribution is 0.542. The molecule has 0 aliphatic carbocycles. The predicted octanol–water partition coefficient (Wildman–Crippen LogP) is 6.17. The molecule has 0 unspecified atom stereocenters. The highest BCUT2D eigenvalue weighted by Gasteiger charge is 2.32. The first kappa shape index (κ1) is 17.2. The first-order valence-electron chi connectivity index (χ1n) is 6.64. The highest BCUT2D eigenvalue weighted by Crippen LogP contribution is 2.37. The molecule has 0 fully saturated rings. The van der Waals surface area contributed by atoms with E-state index in [1.165, 1.54) is 11.6 Å². The van der Waals surface area contributed by atoms with Gasteiger partial charge >= 0.3 is 0 Å². The summed E-state index contributed by atoms with van der Waals surface area (Å²) in [7, 11) is 0. The number of halogens is 4. The third-order valence-electron chi connectivity index (χ3n) is 3.80. The molecule has 0 aliphatic heterocycles. The van der Waals surface area contributed by atoms with Gasteiger partial charge in [0.05, 0.1) is 0 Å². The smallest absolute Gasteiger partial charge is 0.123 e. The molecule has 0 spiro atoms. The van der Waals surface area contributed by atoms with Gasteiger partial charge in [0.15, 0.2) is 0 Å². The highest BCUT2D eigenvalue weighted by molar-refractivity contribution is 9.10. The zero-order valence-corrected chi connectivity index (χ0v) is 16.4. The van der Waals surface area contributed by atoms with Gasteiger partial charge in [-0.3, -0.25) is 0 Å². The Morgan fingerprint density at radius 1 is 1.05 bits per heavy atom. The fraction of sp³-hybridized carbons (Fsp3) is 0.294. The molecule has 0 aromatic heterocycles. The largest absolute Gasteiger partial charge is 0.207 e. The van der Waals surface area contributed by atoms with Crippen LogP contribution in [0.5, 0.6) is 0 Å². The Hall–Kier alpha value is -0.190. The van der Waals surface area contributed by atoms with Crippen LogP contribution in [0.3, 0.4) is 0 Å². The average Bonchev–Trinajstić information content (AvgIpc) is 2.49. The molecule has 2 rings (SSSR count). The Morgan fingerprint density at radius 2 is 1.71 bits per heavy atom. The summed E-state index contributed by atoms with van der Waals surface area (Å²) in [4.78, 5) is 0. The topological polar surface area (TPSA) is 0 Å². The van der Waals surface area contributed by atoms with E-state index in [2.05, 4.69) is 53.9 Å². The van der Waals surface area contributed by atoms with Crippen molar-refractivity contribution in [1.29, 1.82) is 0 Å². The molecular weight excluding hydrogens is 463 g/mol. The summed E-state index contributed by atoms with van der Waals surface area (Å²) in [6.45, 7) is 2.03. The van der Waals surface area contributed by atoms with Crippen LogP contribution in [0.25, 0.3) is 0 Å². The maximum absolute atomic E-state index is 13.6. The second-order valence-electron chi connectivity index (χ2n) is 5.28. The van der Waals surface area contributed by atoms with Gasteiger partial charge in [-0.25, -0.2) is 4.39 Å². The minimum Gasteiger partial charge on any atom is -0.207 e. The van der Waals surface area contributed by atoms with Crippen molar-refractivity contribution in [2.45, 2.75) is 18.8 Å². The number of rotatable bonds is 5. The minimum atomic E-state index is -0.180. The van der Waals surface area contributed by atoms with E-state index in [-0.39, 0.29) is 11.2 Å². The summed E-state index contributed by atoms with van der Waals surface area (Å²) in [5.41, 5.74) is 3.26. The lowest BCUT2D eigenvalue weighted by Crippen LogP contribution is -2.33. The standard InChI is InChI=1S/C17H16Br3F/c1-12-6-7-14(21)8-13(12)9-17(10-18,11-19)15-4-2-3-5-16(15)20/h2-8H,9-11H2,1H3. The number of alkyl halides is 2. The summed E-state index contributed by atoms with van der Waals surface area (Å²) < 4.78 is 14.7. The fourth-order valence-corrected chi connectivity index (χ4v) is 5.09. The van der Waals surface area contributed by atoms with Crippen LogP contribution in [0.1, 0.15) is 16.7 Å². The van der Waals surface area contributed by atoms with Gasteiger partial charge < -0.3 is 0 Å². The normalized spacial score (nSPS) is 11.7. The molecule has 112 valence electrons. The SMILES string of the molecule is Cc1ccc(F)cc1CC(CBr)(CBr)c1ccccc1Br. The highest BCUT2D eigenvalue weighted by atomic mass is 79.9. The summed E-state index contributed by atoms with van der Waals surface area (Å²) in [6, 6.07) is 13.2. The van der Waals surface area contributed by atoms with Crippen molar-refractivity contribution < 1.29 is 4.39 Å². The van der Waals surface area contributed by atoms with Crippen molar-refractivity contribution in [1.82, 2.24) is 0 Å². The molecule has 4 heteroatoms. The van der Waals surface area contributed by atoms with Gasteiger partial charge in [-0.2, -0.15) is 0 Å². The Bertz CT molecular complexity index is 621. The molecule has 0 aliphatic rings. The fourth-order valence-electron chi connectivity index (χ4n) is 2.46. The van der Waals surface area contributed by atoms with Crippen LogP contribution in [-0.2, 0) is 11.8 Å². The van der Waals surface area contributed by atoms with Gasteiger partial charge in [-0.05, 0) is 48.2 Å². The lowest BCUT2D eigenvalue weighted by Gasteiger charge is -2.32. The van der Waals surface area contributed by atoms with E-state index >= 15 is 0 Å². The van der Waals surface area contributed by atoms with E-state index in [1.54, 1.807) is 6.07 Å². The molecule has 0 radical (unpaired) electrons. The molecule has 0 heterocycles. The molecule has 2 aromatic rings. The molecule has 0 nitrogen and oxygen atoms in total. The van der Waals surface area contributed by atoms with Crippen molar-refractivity contribution in [3.8, 4) is 0 Å². The van der Waals surface area contributed by atoms with Crippen LogP contribution in [-0.4, -0.2) is 10.7 Å². The van der Waals surface area contributed by atoms with Crippen LogP contribution < -0.4 is 0 Å². The monoisotopic (exact) mass is 476 g/mol. The van der Waals surface area contributed by atoms with Crippen LogP contribution >= 0.6 is 47.8 Å². The Balaban J connectivity index is 2.48. The average molecular weight is 479 g/mol. The van der Waals surface area contributed by atoms with Gasteiger partial charge in [-0.15, -0.1) is 0 Å². The lowest BCUT2D eigenvalue weighted by atomic mass is 9.78. The molecule has 0 atom stereocenters. The number of benzene rings is 2. The third kappa shape index (κ3) is 3.77. The molecule has 0 amide bonds. The molecule has 0 saturated heterocycles. The number of aryl methyl sites for hydroxylation is 1. The summed E-state index contributed by atoms with van der Waals surface area (Å²) in [5, 5.41) is 1.59. The van der Waals surface area contributed by atoms with Crippen LogP contribution in [0.15, 0.2) is 46.9 Å². The van der Waals surface area contributed by atoms with Crippen molar-refractivity contribution in [3.63, 3.8) is 0 Å². The predicted molar refractivity (Wildman–Crippen MR) is 98.2 cm³/mol. The first-order chi connectivity index (χ1) is 10.0. The van der Waals surface area contributed by atoms with Gasteiger partial charge in [0.1, 0.15) is 5.82 Å². The zero-order chi connectivity index (χ0) is 15.5. The van der Waals surface area contributed by atoms with Crippen molar-refractivity contribution >= 4 is 47.8 Å². The van der Waals surface area contributed by atoms with Gasteiger partial charge in [0.2, 0.25) is 0 Å². The van der Waals surface area contributed by atoms with E-state index in [0.29, 0.717) is 0 Å². The van der Waals surface area contributed by atoms with E-state index in [9.17, 15) is 4.39 Å². The van der Waals surface area contributed by atoms with Crippen molar-refractivity contribution in [3.05, 3.63) is 69.4 Å². The molecular formula is C17H16Br3F. The summed E-state index contributed by atoms with van der Waals surface area (Å²) >= 11 is 11.0. The van der Waals surface area contributed by atoms with E-state index in [1.807, 2.05) is 31.2 Å². The second kappa shape index (κ2) is 7.38. The van der Waals surface area contributed by atoms with E-state index in [4.69, 9.17) is 0 Å². The summed E-state index contributed by atoms with van der Waals surface area (Å²) in [5.74, 6) is -0.180. The second-order valence-corrected chi connectivity index (χ2v) is 7.25. The van der Waals surface area contributed by atoms with Crippen molar-refractivity contribution in [2.24, 2.45) is 0 Å². The van der Waals surface area contributed by atoms with Gasteiger partial charge in [-0.1, -0.05) is 72.1 Å². The summed E-state index contributed by atoms with van der Waals surface area (Å²) in [6.07, 6.45) is 0.774. The Morgan fingerprint density at radius 3 is 2.33 bits per heavy atom. The molecule has 21 heavy (non-hydrogen) atoms. The van der Waals surface area contributed by atoms with Gasteiger partial charge in [0.25, 0.3) is 0 Å². The first-order valence-corrected chi connectivity index (χ1v) is 9.68. The molecule has 0 bridgehead atoms. The van der Waals surface area contributed by atoms with Crippen LogP contribution in [0.2, 0.25) is 0 Å². The zero-order valence-electron chi connectivity index (χ0n) is 11.7. The molecule has 0 saturated carbocycles. The third-order valence-corrected chi connectivity index (χ3v) is 6.64. The van der Waals surface area contributed by atoms with E-state index in [0.717, 1.165) is 32.7 Å². The quantitative estimate of drug-likeness (QED) is 0.451. The number of hydrogen-bond donors (Lipinski definition) is 0. The number of hydrogen-bond acceptors (Lipinski definition) is 0. The van der Waals surface area contributed by atoms with Gasteiger partial charge in [0, 0.05) is 20.5 Å². The molecule has 0 N–H and O–H groups in total. The van der Waals surface area contributed by atoms with Crippen molar-refractivity contribution in [2.75, 3.05) is 10.7 Å². The minimum absolute atomic E-state index is 0.126. The molecule has 2 aromatic carbocycles. The van der Waals surface area contributed by atoms with Crippen LogP contribution in [0, 0.1) is 12.7 Å². The van der Waals surface area contributed by atoms with Crippen LogP contribution in [0.4, 0.5) is 4.39 Å². The Kier molecular flexibility index (Phi) is 6.04. The Labute approximate surface area is 150 Å². The maximum Gasteiger partial charge on any atom is 0.123 e.